The summed E-state index contributed by atoms with van der Waals surface area (Å²) in [7, 11) is 3.03. The number of benzene rings is 3. The van der Waals surface area contributed by atoms with Gasteiger partial charge in [0.05, 0.1) is 30.4 Å². The Morgan fingerprint density at radius 2 is 1.86 bits per heavy atom. The van der Waals surface area contributed by atoms with Crippen molar-refractivity contribution in [2.24, 2.45) is 0 Å². The summed E-state index contributed by atoms with van der Waals surface area (Å²) in [5.74, 6) is 1.07. The summed E-state index contributed by atoms with van der Waals surface area (Å²) in [6.45, 7) is 10.0. The number of rotatable bonds is 7. The number of carbonyl (C=O) groups excluding carboxylic acids is 1. The van der Waals surface area contributed by atoms with Crippen LogP contribution in [0.15, 0.2) is 63.3 Å². The van der Waals surface area contributed by atoms with Gasteiger partial charge in [0, 0.05) is 30.8 Å². The zero-order valence-electron chi connectivity index (χ0n) is 25.4. The highest BCUT2D eigenvalue weighted by molar-refractivity contribution is 6.00. The average Bonchev–Trinajstić information content (AvgIpc) is 2.94. The summed E-state index contributed by atoms with van der Waals surface area (Å²) >= 11 is 0. The van der Waals surface area contributed by atoms with Crippen molar-refractivity contribution in [2.45, 2.75) is 46.6 Å². The van der Waals surface area contributed by atoms with Crippen LogP contribution in [0.2, 0.25) is 0 Å². The molecule has 0 bridgehead atoms. The van der Waals surface area contributed by atoms with E-state index in [1.54, 1.807) is 43.5 Å². The summed E-state index contributed by atoms with van der Waals surface area (Å²) in [6, 6.07) is 10.1. The third-order valence-corrected chi connectivity index (χ3v) is 7.18. The van der Waals surface area contributed by atoms with Crippen molar-refractivity contribution in [3.8, 4) is 28.7 Å². The molecule has 3 aromatic carbocycles. The second-order valence-corrected chi connectivity index (χ2v) is 11.1. The van der Waals surface area contributed by atoms with Gasteiger partial charge in [-0.15, -0.1) is 0 Å². The quantitative estimate of drug-likeness (QED) is 0.177. The number of hydrogen-bond donors (Lipinski definition) is 1. The number of fused-ring (bicyclic) bond motifs is 3. The molecule has 2 heterocycles. The maximum Gasteiger partial charge on any atom is 0.419 e. The topological polar surface area (TPSA) is 108 Å². The number of amides is 1. The number of anilines is 1. The van der Waals surface area contributed by atoms with Crippen LogP contribution in [-0.2, 0) is 6.42 Å². The van der Waals surface area contributed by atoms with E-state index in [4.69, 9.17) is 23.4 Å². The molecule has 5 rings (SSSR count). The molecule has 0 fully saturated rings. The van der Waals surface area contributed by atoms with Gasteiger partial charge in [-0.05, 0) is 65.3 Å². The van der Waals surface area contributed by atoms with Crippen LogP contribution in [0.3, 0.4) is 0 Å². The van der Waals surface area contributed by atoms with E-state index >= 15 is 0 Å². The average molecular weight is 586 g/mol. The summed E-state index contributed by atoms with van der Waals surface area (Å²) in [5, 5.41) is 11.5. The Morgan fingerprint density at radius 1 is 1.12 bits per heavy atom. The van der Waals surface area contributed by atoms with Crippen molar-refractivity contribution in [1.82, 2.24) is 0 Å². The molecule has 43 heavy (non-hydrogen) atoms. The number of allylic oxidation sites excluding steroid dienone is 2. The van der Waals surface area contributed by atoms with Crippen LogP contribution in [0.25, 0.3) is 28.0 Å². The number of aromatic hydroxyl groups is 1. The Kier molecular flexibility index (Phi) is 7.84. The van der Waals surface area contributed by atoms with Crippen molar-refractivity contribution in [3.63, 3.8) is 0 Å². The first-order valence-corrected chi connectivity index (χ1v) is 14.0. The Morgan fingerprint density at radius 3 is 2.56 bits per heavy atom. The molecule has 1 amide bonds. The first-order chi connectivity index (χ1) is 20.4. The molecule has 0 unspecified atom stereocenters. The minimum Gasteiger partial charge on any atom is -0.506 e. The van der Waals surface area contributed by atoms with Crippen LogP contribution in [0.4, 0.5) is 10.5 Å². The van der Waals surface area contributed by atoms with Crippen molar-refractivity contribution in [1.29, 1.82) is 0 Å². The summed E-state index contributed by atoms with van der Waals surface area (Å²) in [5.41, 5.74) is 1.71. The fourth-order valence-electron chi connectivity index (χ4n) is 5.04. The molecule has 4 aromatic rings. The lowest BCUT2D eigenvalue weighted by Crippen LogP contribution is -2.29. The lowest BCUT2D eigenvalue weighted by atomic mass is 9.97. The minimum atomic E-state index is -0.684. The van der Waals surface area contributed by atoms with Gasteiger partial charge in [-0.2, -0.15) is 0 Å². The van der Waals surface area contributed by atoms with Crippen LogP contribution in [0.5, 0.6) is 28.7 Å². The van der Waals surface area contributed by atoms with Crippen molar-refractivity contribution in [3.05, 3.63) is 75.5 Å². The Hall–Kier alpha value is -4.92. The first kappa shape index (κ1) is 29.6. The number of phenols is 1. The molecule has 0 saturated heterocycles. The molecule has 1 N–H and O–H groups in total. The summed E-state index contributed by atoms with van der Waals surface area (Å²) in [4.78, 5) is 28.8. The zero-order chi connectivity index (χ0) is 31.1. The third kappa shape index (κ3) is 5.62. The molecule has 9 nitrogen and oxygen atoms in total. The van der Waals surface area contributed by atoms with Gasteiger partial charge in [-0.1, -0.05) is 17.7 Å². The van der Waals surface area contributed by atoms with E-state index in [9.17, 15) is 14.7 Å². The second-order valence-electron chi connectivity index (χ2n) is 11.1. The predicted octanol–water partition coefficient (Wildman–Crippen LogP) is 7.39. The number of hydrogen-bond acceptors (Lipinski definition) is 8. The maximum absolute atomic E-state index is 14.1. The Labute approximate surface area is 249 Å². The van der Waals surface area contributed by atoms with E-state index in [0.717, 1.165) is 5.57 Å². The molecular formula is C34H35NO8. The Bertz CT molecular complexity index is 1860. The first-order valence-electron chi connectivity index (χ1n) is 14.0. The highest BCUT2D eigenvalue weighted by Crippen LogP contribution is 2.44. The third-order valence-electron chi connectivity index (χ3n) is 7.18. The molecule has 1 aliphatic rings. The van der Waals surface area contributed by atoms with Crippen molar-refractivity contribution in [2.75, 3.05) is 25.7 Å². The number of ether oxygens (including phenoxy) is 4. The van der Waals surface area contributed by atoms with Crippen molar-refractivity contribution < 1.29 is 33.3 Å². The van der Waals surface area contributed by atoms with Gasteiger partial charge in [0.1, 0.15) is 39.4 Å². The predicted molar refractivity (Wildman–Crippen MR) is 167 cm³/mol. The SMILES string of the molecule is CCOc1cccc(N(C)C(=O)Oc2cc3oc4cc5c(c(O)c4c(=O)c3c(CC=C(C)C)c2OC)C=CC(C)(C)O5)c1. The van der Waals surface area contributed by atoms with E-state index in [2.05, 4.69) is 0 Å². The highest BCUT2D eigenvalue weighted by Gasteiger charge is 2.29. The second kappa shape index (κ2) is 11.4. The van der Waals surface area contributed by atoms with Gasteiger partial charge in [0.25, 0.3) is 0 Å². The van der Waals surface area contributed by atoms with Gasteiger partial charge in [-0.3, -0.25) is 9.69 Å². The molecule has 0 aliphatic carbocycles. The summed E-state index contributed by atoms with van der Waals surface area (Å²) in [6.07, 6.45) is 5.10. The van der Waals surface area contributed by atoms with Crippen LogP contribution in [0, 0.1) is 0 Å². The summed E-state index contributed by atoms with van der Waals surface area (Å²) < 4.78 is 29.4. The molecule has 0 atom stereocenters. The Balaban J connectivity index is 1.69. The number of phenolic OH excluding ortho intramolecular Hbond substituents is 1. The highest BCUT2D eigenvalue weighted by atomic mass is 16.6. The van der Waals surface area contributed by atoms with Gasteiger partial charge >= 0.3 is 6.09 Å². The molecule has 0 radical (unpaired) electrons. The van der Waals surface area contributed by atoms with E-state index < -0.39 is 17.1 Å². The maximum atomic E-state index is 14.1. The number of carbonyl (C=O) groups is 1. The van der Waals surface area contributed by atoms with Gasteiger partial charge in [0.2, 0.25) is 5.43 Å². The molecule has 1 aliphatic heterocycles. The van der Waals surface area contributed by atoms with Gasteiger partial charge < -0.3 is 28.5 Å². The number of nitrogens with zero attached hydrogens (tertiary/aromatic N) is 1. The van der Waals surface area contributed by atoms with E-state index in [1.807, 2.05) is 46.8 Å². The largest absolute Gasteiger partial charge is 0.506 e. The minimum absolute atomic E-state index is 0.0263. The molecule has 0 saturated carbocycles. The van der Waals surface area contributed by atoms with Crippen LogP contribution in [-0.4, -0.2) is 37.6 Å². The molecule has 0 spiro atoms. The van der Waals surface area contributed by atoms with Gasteiger partial charge in [0.15, 0.2) is 11.5 Å². The molecule has 1 aromatic heterocycles. The van der Waals surface area contributed by atoms with Crippen LogP contribution < -0.4 is 29.3 Å². The monoisotopic (exact) mass is 585 g/mol. The van der Waals surface area contributed by atoms with E-state index in [0.29, 0.717) is 41.3 Å². The smallest absolute Gasteiger partial charge is 0.419 e. The fraction of sp³-hybridized carbons (Fsp3) is 0.294. The van der Waals surface area contributed by atoms with E-state index in [-0.39, 0.29) is 39.2 Å². The fourth-order valence-corrected chi connectivity index (χ4v) is 5.04. The normalized spacial score (nSPS) is 13.3. The zero-order valence-corrected chi connectivity index (χ0v) is 25.4. The molecule has 224 valence electrons. The van der Waals surface area contributed by atoms with Crippen molar-refractivity contribution >= 4 is 39.8 Å². The van der Waals surface area contributed by atoms with Gasteiger partial charge in [-0.25, -0.2) is 4.79 Å². The molecular weight excluding hydrogens is 550 g/mol. The molecule has 9 heteroatoms. The van der Waals surface area contributed by atoms with E-state index in [1.165, 1.54) is 18.1 Å². The lowest BCUT2D eigenvalue weighted by molar-refractivity contribution is 0.158. The van der Waals surface area contributed by atoms with Crippen LogP contribution >= 0.6 is 0 Å². The lowest BCUT2D eigenvalue weighted by Gasteiger charge is -2.28. The number of methoxy groups -OCH3 is 1. The standard InChI is InChI=1S/C34H35NO8/c1-8-40-21-11-9-10-20(16-21)35(6)33(38)42-27-18-25-28(23(32(27)39-7)13-12-19(2)3)31(37)29-26(41-25)17-24-22(30(29)36)14-15-34(4,5)43-24/h9-12,14-18,36H,8,13H2,1-7H3. The van der Waals surface area contributed by atoms with Crippen LogP contribution in [0.1, 0.15) is 45.7 Å².